The Labute approximate surface area is 109 Å². The van der Waals surface area contributed by atoms with Gasteiger partial charge in [0.25, 0.3) is 0 Å². The fraction of sp³-hybridized carbons (Fsp3) is 0.273. The summed E-state index contributed by atoms with van der Waals surface area (Å²) in [5, 5.41) is 0. The van der Waals surface area contributed by atoms with Crippen molar-refractivity contribution in [1.82, 2.24) is 10.3 Å². The molecule has 0 unspecified atom stereocenters. The summed E-state index contributed by atoms with van der Waals surface area (Å²) in [6.07, 6.45) is 0. The number of aliphatic imine (C=N–C) groups is 1. The topological polar surface area (TPSA) is 53.6 Å². The lowest BCUT2D eigenvalue weighted by Crippen LogP contribution is -2.48. The molecule has 2 aliphatic rings. The first-order chi connectivity index (χ1) is 8.31. The molecule has 0 amide bonds. The van der Waals surface area contributed by atoms with Gasteiger partial charge in [-0.15, -0.1) is 11.8 Å². The van der Waals surface area contributed by atoms with E-state index in [1.807, 2.05) is 36.0 Å². The Bertz CT molecular complexity index is 500. The number of nitrogens with two attached hydrogens (primary N) is 1. The van der Waals surface area contributed by atoms with Crippen LogP contribution in [-0.2, 0) is 0 Å². The maximum absolute atomic E-state index is 5.57. The van der Waals surface area contributed by atoms with Crippen LogP contribution in [0, 0.1) is 0 Å². The summed E-state index contributed by atoms with van der Waals surface area (Å²) in [6.45, 7) is 0. The van der Waals surface area contributed by atoms with Crippen LogP contribution in [0.2, 0.25) is 0 Å². The third kappa shape index (κ3) is 1.72. The Balaban J connectivity index is 2.15. The predicted octanol–water partition coefficient (Wildman–Crippen LogP) is 1.24. The molecule has 0 radical (unpaired) electrons. The van der Waals surface area contributed by atoms with Crippen LogP contribution >= 0.6 is 24.0 Å². The highest BCUT2D eigenvalue weighted by atomic mass is 32.2. The normalized spacial score (nSPS) is 22.6. The van der Waals surface area contributed by atoms with Crippen molar-refractivity contribution in [1.29, 1.82) is 0 Å². The standard InChI is InChI=1S/C11H12N4S2/c12-14-10-9-5-17-6-15(9)11(16)7-3-1-2-4-8(7)13-10/h1-4,9H,5-6,12H2,(H,13,14)/t9-/m0/s1. The fourth-order valence-electron chi connectivity index (χ4n) is 2.11. The number of para-hydroxylation sites is 1. The van der Waals surface area contributed by atoms with Gasteiger partial charge >= 0.3 is 0 Å². The molecule has 4 nitrogen and oxygen atoms in total. The summed E-state index contributed by atoms with van der Waals surface area (Å²) in [4.78, 5) is 7.64. The largest absolute Gasteiger partial charge is 0.342 e. The third-order valence-electron chi connectivity index (χ3n) is 2.98. The van der Waals surface area contributed by atoms with E-state index in [0.29, 0.717) is 0 Å². The number of fused-ring (bicyclic) bond motifs is 2. The zero-order chi connectivity index (χ0) is 11.8. The highest BCUT2D eigenvalue weighted by Crippen LogP contribution is 2.31. The summed E-state index contributed by atoms with van der Waals surface area (Å²) in [7, 11) is 0. The number of benzene rings is 1. The van der Waals surface area contributed by atoms with Gasteiger partial charge < -0.3 is 10.3 Å². The Hall–Kier alpha value is -1.11. The van der Waals surface area contributed by atoms with Crippen LogP contribution in [0.25, 0.3) is 0 Å². The number of amidine groups is 1. The SMILES string of the molecule is NNC1=Nc2ccccc2C(=S)N2CSC[C@@H]12. The van der Waals surface area contributed by atoms with E-state index in [9.17, 15) is 0 Å². The molecule has 0 saturated carbocycles. The minimum Gasteiger partial charge on any atom is -0.342 e. The maximum atomic E-state index is 5.57. The molecule has 0 aliphatic carbocycles. The maximum Gasteiger partial charge on any atom is 0.140 e. The summed E-state index contributed by atoms with van der Waals surface area (Å²) < 4.78 is 0. The predicted molar refractivity (Wildman–Crippen MR) is 75.5 cm³/mol. The number of nitrogens with one attached hydrogen (secondary N) is 1. The lowest BCUT2D eigenvalue weighted by atomic mass is 10.1. The number of hydrogen-bond acceptors (Lipinski definition) is 5. The molecular formula is C11H12N4S2. The van der Waals surface area contributed by atoms with Crippen molar-refractivity contribution >= 4 is 40.5 Å². The molecule has 17 heavy (non-hydrogen) atoms. The average Bonchev–Trinajstić information content (AvgIpc) is 2.81. The minimum atomic E-state index is 0.171. The second-order valence-corrected chi connectivity index (χ2v) is 5.34. The van der Waals surface area contributed by atoms with Crippen LogP contribution in [0.4, 0.5) is 5.69 Å². The highest BCUT2D eigenvalue weighted by Gasteiger charge is 2.34. The van der Waals surface area contributed by atoms with Crippen molar-refractivity contribution in [2.45, 2.75) is 6.04 Å². The van der Waals surface area contributed by atoms with E-state index in [-0.39, 0.29) is 6.04 Å². The van der Waals surface area contributed by atoms with Crippen LogP contribution in [0.5, 0.6) is 0 Å². The van der Waals surface area contributed by atoms with Gasteiger partial charge in [-0.2, -0.15) is 0 Å². The zero-order valence-corrected chi connectivity index (χ0v) is 10.7. The van der Waals surface area contributed by atoms with Crippen LogP contribution in [-0.4, -0.2) is 33.4 Å². The monoisotopic (exact) mass is 264 g/mol. The van der Waals surface area contributed by atoms with E-state index in [4.69, 9.17) is 18.1 Å². The lowest BCUT2D eigenvalue weighted by Gasteiger charge is -2.24. The van der Waals surface area contributed by atoms with Crippen molar-refractivity contribution in [2.75, 3.05) is 11.6 Å². The van der Waals surface area contributed by atoms with Crippen LogP contribution in [0.3, 0.4) is 0 Å². The Morgan fingerprint density at radius 3 is 3.12 bits per heavy atom. The summed E-state index contributed by atoms with van der Waals surface area (Å²) in [5.41, 5.74) is 4.62. The second-order valence-electron chi connectivity index (χ2n) is 3.95. The molecule has 1 saturated heterocycles. The van der Waals surface area contributed by atoms with Crippen molar-refractivity contribution < 1.29 is 0 Å². The quantitative estimate of drug-likeness (QED) is 0.419. The molecule has 1 atom stereocenters. The lowest BCUT2D eigenvalue weighted by molar-refractivity contribution is 0.487. The van der Waals surface area contributed by atoms with Gasteiger partial charge in [0.15, 0.2) is 0 Å². The molecule has 1 aromatic carbocycles. The van der Waals surface area contributed by atoms with Crippen molar-refractivity contribution in [2.24, 2.45) is 10.8 Å². The molecule has 0 aromatic heterocycles. The average molecular weight is 264 g/mol. The van der Waals surface area contributed by atoms with Crippen molar-refractivity contribution in [3.05, 3.63) is 29.8 Å². The second kappa shape index (κ2) is 4.29. The highest BCUT2D eigenvalue weighted by molar-refractivity contribution is 7.99. The van der Waals surface area contributed by atoms with Gasteiger partial charge in [-0.3, -0.25) is 0 Å². The number of hydrazine groups is 1. The van der Waals surface area contributed by atoms with Crippen molar-refractivity contribution in [3.63, 3.8) is 0 Å². The number of rotatable bonds is 0. The van der Waals surface area contributed by atoms with Gasteiger partial charge in [-0.1, -0.05) is 24.4 Å². The molecule has 0 spiro atoms. The summed E-state index contributed by atoms with van der Waals surface area (Å²) >= 11 is 7.40. The van der Waals surface area contributed by atoms with Gasteiger partial charge in [0, 0.05) is 11.3 Å². The molecular weight excluding hydrogens is 252 g/mol. The van der Waals surface area contributed by atoms with Crippen molar-refractivity contribution in [3.8, 4) is 0 Å². The molecule has 6 heteroatoms. The van der Waals surface area contributed by atoms with Gasteiger partial charge in [0.2, 0.25) is 0 Å². The Morgan fingerprint density at radius 2 is 2.29 bits per heavy atom. The molecule has 3 rings (SSSR count). The molecule has 1 aromatic rings. The summed E-state index contributed by atoms with van der Waals surface area (Å²) in [6, 6.07) is 8.10. The van der Waals surface area contributed by atoms with E-state index < -0.39 is 0 Å². The molecule has 2 heterocycles. The third-order valence-corrected chi connectivity index (χ3v) is 4.45. The van der Waals surface area contributed by atoms with Crippen LogP contribution in [0.1, 0.15) is 5.56 Å². The number of nitrogens with zero attached hydrogens (tertiary/aromatic N) is 2. The minimum absolute atomic E-state index is 0.171. The molecule has 88 valence electrons. The van der Waals surface area contributed by atoms with Gasteiger partial charge in [0.05, 0.1) is 17.6 Å². The van der Waals surface area contributed by atoms with Crippen LogP contribution < -0.4 is 11.3 Å². The molecule has 2 aliphatic heterocycles. The number of thioether (sulfide) groups is 1. The smallest absolute Gasteiger partial charge is 0.140 e. The Morgan fingerprint density at radius 1 is 1.47 bits per heavy atom. The van der Waals surface area contributed by atoms with Crippen LogP contribution in [0.15, 0.2) is 29.3 Å². The molecule has 1 fully saturated rings. The Kier molecular flexibility index (Phi) is 2.78. The van der Waals surface area contributed by atoms with E-state index in [1.54, 1.807) is 0 Å². The molecule has 3 N–H and O–H groups in total. The van der Waals surface area contributed by atoms with E-state index in [2.05, 4.69) is 15.3 Å². The van der Waals surface area contributed by atoms with Gasteiger partial charge in [-0.05, 0) is 12.1 Å². The first-order valence-corrected chi connectivity index (χ1v) is 6.90. The van der Waals surface area contributed by atoms with E-state index >= 15 is 0 Å². The number of thiocarbonyl (C=S) groups is 1. The van der Waals surface area contributed by atoms with Gasteiger partial charge in [-0.25, -0.2) is 10.8 Å². The molecule has 0 bridgehead atoms. The summed E-state index contributed by atoms with van der Waals surface area (Å²) in [5.74, 6) is 8.24. The number of hydrogen-bond donors (Lipinski definition) is 2. The zero-order valence-electron chi connectivity index (χ0n) is 9.09. The van der Waals surface area contributed by atoms with E-state index in [1.165, 1.54) is 0 Å². The fourth-order valence-corrected chi connectivity index (χ4v) is 3.73. The first-order valence-electron chi connectivity index (χ1n) is 5.34. The van der Waals surface area contributed by atoms with E-state index in [0.717, 1.165) is 33.7 Å². The van der Waals surface area contributed by atoms with Gasteiger partial charge in [0.1, 0.15) is 10.8 Å². The first kappa shape index (κ1) is 11.0.